The Bertz CT molecular complexity index is 1120. The van der Waals surface area contributed by atoms with Crippen molar-refractivity contribution in [3.63, 3.8) is 0 Å². The molecule has 1 aromatic heterocycles. The number of aromatic nitrogens is 3. The third kappa shape index (κ3) is 3.29. The van der Waals surface area contributed by atoms with Crippen LogP contribution in [0.1, 0.15) is 21.5 Å². The van der Waals surface area contributed by atoms with Crippen molar-refractivity contribution < 1.29 is 9.18 Å². The number of benzene rings is 3. The average Bonchev–Trinajstić information content (AvgIpc) is 3.10. The van der Waals surface area contributed by atoms with Crippen LogP contribution in [0.5, 0.6) is 0 Å². The monoisotopic (exact) mass is 360 g/mol. The number of carbonyl (C=O) groups excluding carboxylic acids is 1. The van der Waals surface area contributed by atoms with Crippen LogP contribution in [0.3, 0.4) is 0 Å². The fraction of sp³-hybridized carbons (Fsp3) is 0.0952. The van der Waals surface area contributed by atoms with Crippen molar-refractivity contribution >= 4 is 22.6 Å². The van der Waals surface area contributed by atoms with Gasteiger partial charge < -0.3 is 5.32 Å². The largest absolute Gasteiger partial charge is 0.320 e. The fourth-order valence-electron chi connectivity index (χ4n) is 3.03. The minimum Gasteiger partial charge on any atom is -0.320 e. The smallest absolute Gasteiger partial charge is 0.255 e. The number of carbonyl (C=O) groups is 1. The molecule has 1 heterocycles. The first-order valence-corrected chi connectivity index (χ1v) is 8.56. The molecular formula is C21H17FN4O. The molecule has 0 radical (unpaired) electrons. The molecule has 0 aliphatic rings. The predicted molar refractivity (Wildman–Crippen MR) is 102 cm³/mol. The van der Waals surface area contributed by atoms with Gasteiger partial charge in [-0.25, -0.2) is 9.07 Å². The Morgan fingerprint density at radius 3 is 2.56 bits per heavy atom. The Hall–Kier alpha value is -3.54. The van der Waals surface area contributed by atoms with Crippen molar-refractivity contribution in [1.29, 1.82) is 0 Å². The van der Waals surface area contributed by atoms with E-state index < -0.39 is 5.82 Å². The van der Waals surface area contributed by atoms with Crippen LogP contribution >= 0.6 is 0 Å². The van der Waals surface area contributed by atoms with Gasteiger partial charge in [-0.3, -0.25) is 4.79 Å². The number of hydrogen-bond donors (Lipinski definition) is 1. The first-order chi connectivity index (χ1) is 13.1. The van der Waals surface area contributed by atoms with Crippen molar-refractivity contribution in [2.75, 3.05) is 5.32 Å². The lowest BCUT2D eigenvalue weighted by Gasteiger charge is -2.09. The molecule has 0 atom stereocenters. The summed E-state index contributed by atoms with van der Waals surface area (Å²) < 4.78 is 16.0. The van der Waals surface area contributed by atoms with Gasteiger partial charge in [0.2, 0.25) is 0 Å². The minimum atomic E-state index is -0.431. The maximum atomic E-state index is 14.5. The maximum absolute atomic E-state index is 14.5. The van der Waals surface area contributed by atoms with Crippen molar-refractivity contribution in [2.24, 2.45) is 0 Å². The molecule has 4 rings (SSSR count). The lowest BCUT2D eigenvalue weighted by Crippen LogP contribution is -2.13. The second kappa shape index (κ2) is 6.99. The first kappa shape index (κ1) is 16.9. The van der Waals surface area contributed by atoms with Crippen LogP contribution in [-0.2, 0) is 6.54 Å². The van der Waals surface area contributed by atoms with E-state index >= 15 is 0 Å². The number of anilines is 1. The SMILES string of the molecule is Cc1ccccc1C(=O)Nc1ccc(F)c2c1nnn2Cc1ccccc1. The quantitative estimate of drug-likeness (QED) is 0.594. The molecule has 0 fully saturated rings. The normalized spacial score (nSPS) is 10.9. The van der Waals surface area contributed by atoms with E-state index in [0.717, 1.165) is 11.1 Å². The number of amides is 1. The highest BCUT2D eigenvalue weighted by molar-refractivity contribution is 6.08. The summed E-state index contributed by atoms with van der Waals surface area (Å²) in [5, 5.41) is 11.0. The average molecular weight is 360 g/mol. The van der Waals surface area contributed by atoms with Gasteiger partial charge in [0, 0.05) is 5.56 Å². The third-order valence-electron chi connectivity index (χ3n) is 4.43. The summed E-state index contributed by atoms with van der Waals surface area (Å²) in [5.74, 6) is -0.696. The van der Waals surface area contributed by atoms with Gasteiger partial charge >= 0.3 is 0 Å². The minimum absolute atomic E-state index is 0.265. The van der Waals surface area contributed by atoms with Gasteiger partial charge in [-0.15, -0.1) is 5.10 Å². The van der Waals surface area contributed by atoms with E-state index in [4.69, 9.17) is 0 Å². The van der Waals surface area contributed by atoms with E-state index in [-0.39, 0.29) is 11.4 Å². The summed E-state index contributed by atoms with van der Waals surface area (Å²) in [6.45, 7) is 2.26. The molecule has 0 aliphatic heterocycles. The van der Waals surface area contributed by atoms with Gasteiger partial charge in [0.1, 0.15) is 11.0 Å². The molecule has 1 amide bonds. The summed E-state index contributed by atoms with van der Waals surface area (Å²) >= 11 is 0. The molecule has 0 aliphatic carbocycles. The zero-order chi connectivity index (χ0) is 18.8. The molecule has 134 valence electrons. The first-order valence-electron chi connectivity index (χ1n) is 8.56. The maximum Gasteiger partial charge on any atom is 0.255 e. The number of nitrogens with zero attached hydrogens (tertiary/aromatic N) is 3. The molecule has 4 aromatic rings. The number of fused-ring (bicyclic) bond motifs is 1. The van der Waals surface area contributed by atoms with Crippen LogP contribution < -0.4 is 5.32 Å². The van der Waals surface area contributed by atoms with Crippen molar-refractivity contribution in [1.82, 2.24) is 15.0 Å². The van der Waals surface area contributed by atoms with Crippen LogP contribution in [0.15, 0.2) is 66.7 Å². The highest BCUT2D eigenvalue weighted by atomic mass is 19.1. The van der Waals surface area contributed by atoms with Crippen molar-refractivity contribution in [2.45, 2.75) is 13.5 Å². The van der Waals surface area contributed by atoms with E-state index in [9.17, 15) is 9.18 Å². The molecule has 27 heavy (non-hydrogen) atoms. The molecular weight excluding hydrogens is 343 g/mol. The molecule has 0 saturated heterocycles. The number of rotatable bonds is 4. The Labute approximate surface area is 155 Å². The Morgan fingerprint density at radius 1 is 1.04 bits per heavy atom. The number of hydrogen-bond acceptors (Lipinski definition) is 3. The van der Waals surface area contributed by atoms with E-state index in [1.807, 2.05) is 49.4 Å². The zero-order valence-electron chi connectivity index (χ0n) is 14.7. The Morgan fingerprint density at radius 2 is 1.78 bits per heavy atom. The molecule has 5 nitrogen and oxygen atoms in total. The molecule has 0 bridgehead atoms. The highest BCUT2D eigenvalue weighted by Gasteiger charge is 2.17. The predicted octanol–water partition coefficient (Wildman–Crippen LogP) is 4.18. The second-order valence-corrected chi connectivity index (χ2v) is 6.29. The van der Waals surface area contributed by atoms with E-state index in [1.54, 1.807) is 12.1 Å². The van der Waals surface area contributed by atoms with Crippen LogP contribution in [0.25, 0.3) is 11.0 Å². The van der Waals surface area contributed by atoms with E-state index in [2.05, 4.69) is 15.6 Å². The highest BCUT2D eigenvalue weighted by Crippen LogP contribution is 2.25. The van der Waals surface area contributed by atoms with E-state index in [0.29, 0.717) is 23.3 Å². The summed E-state index contributed by atoms with van der Waals surface area (Å²) in [7, 11) is 0. The van der Waals surface area contributed by atoms with Crippen molar-refractivity contribution in [3.05, 3.63) is 89.2 Å². The fourth-order valence-corrected chi connectivity index (χ4v) is 3.03. The van der Waals surface area contributed by atoms with Gasteiger partial charge in [0.15, 0.2) is 5.82 Å². The van der Waals surface area contributed by atoms with Gasteiger partial charge in [-0.1, -0.05) is 53.7 Å². The lowest BCUT2D eigenvalue weighted by molar-refractivity contribution is 0.102. The summed E-state index contributed by atoms with van der Waals surface area (Å²) in [5.41, 5.74) is 3.43. The van der Waals surface area contributed by atoms with Crippen molar-refractivity contribution in [3.8, 4) is 0 Å². The summed E-state index contributed by atoms with van der Waals surface area (Å²) in [6.07, 6.45) is 0. The van der Waals surface area contributed by atoms with Gasteiger partial charge in [0.25, 0.3) is 5.91 Å². The van der Waals surface area contributed by atoms with Crippen LogP contribution in [0.2, 0.25) is 0 Å². The van der Waals surface area contributed by atoms with Gasteiger partial charge in [-0.05, 0) is 36.2 Å². The standard InChI is InChI=1S/C21H17FN4O/c1-14-7-5-6-10-16(14)21(27)23-18-12-11-17(22)20-19(18)24-25-26(20)13-15-8-3-2-4-9-15/h2-12H,13H2,1H3,(H,23,27). The Kier molecular flexibility index (Phi) is 4.38. The van der Waals surface area contributed by atoms with Gasteiger partial charge in [0.05, 0.1) is 12.2 Å². The second-order valence-electron chi connectivity index (χ2n) is 6.29. The van der Waals surface area contributed by atoms with Crippen LogP contribution in [-0.4, -0.2) is 20.9 Å². The van der Waals surface area contributed by atoms with Gasteiger partial charge in [-0.2, -0.15) is 0 Å². The lowest BCUT2D eigenvalue weighted by atomic mass is 10.1. The zero-order valence-corrected chi connectivity index (χ0v) is 14.7. The van der Waals surface area contributed by atoms with E-state index in [1.165, 1.54) is 16.8 Å². The molecule has 0 spiro atoms. The summed E-state index contributed by atoms with van der Waals surface area (Å²) in [6, 6.07) is 19.7. The molecule has 3 aromatic carbocycles. The number of halogens is 1. The van der Waals surface area contributed by atoms with Crippen LogP contribution in [0.4, 0.5) is 10.1 Å². The number of aryl methyl sites for hydroxylation is 1. The molecule has 6 heteroatoms. The summed E-state index contributed by atoms with van der Waals surface area (Å²) in [4.78, 5) is 12.6. The molecule has 0 saturated carbocycles. The van der Waals surface area contributed by atoms with Crippen LogP contribution in [0, 0.1) is 12.7 Å². The topological polar surface area (TPSA) is 59.8 Å². The number of nitrogens with one attached hydrogen (secondary N) is 1. The molecule has 1 N–H and O–H groups in total. The third-order valence-corrected chi connectivity index (χ3v) is 4.43. The molecule has 0 unspecified atom stereocenters. The Balaban J connectivity index is 1.70.